The Kier molecular flexibility index (Phi) is 3.60. The summed E-state index contributed by atoms with van der Waals surface area (Å²) in [6.45, 7) is 6.56. The lowest BCUT2D eigenvalue weighted by molar-refractivity contribution is 0.0250. The zero-order valence-corrected chi connectivity index (χ0v) is 10.9. The van der Waals surface area contributed by atoms with Gasteiger partial charge in [0.1, 0.15) is 0 Å². The first-order valence-electron chi connectivity index (χ1n) is 6.95. The van der Waals surface area contributed by atoms with E-state index in [2.05, 4.69) is 19.2 Å². The first kappa shape index (κ1) is 12.4. The minimum absolute atomic E-state index is 0.407. The molecule has 1 atom stereocenters. The van der Waals surface area contributed by atoms with Crippen molar-refractivity contribution in [2.45, 2.75) is 64.4 Å². The smallest absolute Gasteiger partial charge is 0.0771 e. The van der Waals surface area contributed by atoms with E-state index in [0.717, 1.165) is 31.8 Å². The molecule has 1 unspecified atom stereocenters. The number of nitrogens with one attached hydrogen (secondary N) is 1. The molecule has 0 radical (unpaired) electrons. The van der Waals surface area contributed by atoms with Crippen LogP contribution in [0.2, 0.25) is 0 Å². The van der Waals surface area contributed by atoms with Crippen molar-refractivity contribution in [1.82, 2.24) is 5.32 Å². The van der Waals surface area contributed by atoms with E-state index in [-0.39, 0.29) is 0 Å². The quantitative estimate of drug-likeness (QED) is 0.721. The maximum Gasteiger partial charge on any atom is 0.0771 e. The fourth-order valence-electron chi connectivity index (χ4n) is 2.97. The van der Waals surface area contributed by atoms with E-state index >= 15 is 0 Å². The molecule has 0 spiro atoms. The highest BCUT2D eigenvalue weighted by molar-refractivity contribution is 4.96. The molecule has 2 saturated carbocycles. The molecule has 2 aliphatic carbocycles. The molecule has 2 fully saturated rings. The molecule has 16 heavy (non-hydrogen) atoms. The predicted octanol–water partition coefficient (Wildman–Crippen LogP) is 2.71. The van der Waals surface area contributed by atoms with Crippen LogP contribution in [0.1, 0.15) is 58.8 Å². The van der Waals surface area contributed by atoms with E-state index in [1.807, 2.05) is 0 Å². The summed E-state index contributed by atoms with van der Waals surface area (Å²) in [7, 11) is 0. The summed E-state index contributed by atoms with van der Waals surface area (Å²) in [5, 5.41) is 13.9. The Bertz CT molecular complexity index is 229. The van der Waals surface area contributed by atoms with Crippen molar-refractivity contribution in [2.75, 3.05) is 13.1 Å². The van der Waals surface area contributed by atoms with Crippen molar-refractivity contribution < 1.29 is 5.11 Å². The second kappa shape index (κ2) is 4.66. The average Bonchev–Trinajstić information content (AvgIpc) is 2.86. The summed E-state index contributed by atoms with van der Waals surface area (Å²) in [4.78, 5) is 0. The van der Waals surface area contributed by atoms with Crippen LogP contribution >= 0.6 is 0 Å². The van der Waals surface area contributed by atoms with Crippen LogP contribution in [0.4, 0.5) is 0 Å². The van der Waals surface area contributed by atoms with E-state index in [1.165, 1.54) is 32.1 Å². The van der Waals surface area contributed by atoms with Gasteiger partial charge in [-0.3, -0.25) is 0 Å². The van der Waals surface area contributed by atoms with Crippen molar-refractivity contribution >= 4 is 0 Å². The van der Waals surface area contributed by atoms with Crippen LogP contribution in [0.25, 0.3) is 0 Å². The van der Waals surface area contributed by atoms with Gasteiger partial charge in [0.05, 0.1) is 5.60 Å². The van der Waals surface area contributed by atoms with Gasteiger partial charge in [0.2, 0.25) is 0 Å². The Morgan fingerprint density at radius 3 is 2.19 bits per heavy atom. The monoisotopic (exact) mass is 225 g/mol. The van der Waals surface area contributed by atoms with Gasteiger partial charge in [-0.2, -0.15) is 0 Å². The highest BCUT2D eigenvalue weighted by atomic mass is 16.3. The van der Waals surface area contributed by atoms with Crippen LogP contribution in [0, 0.1) is 11.3 Å². The lowest BCUT2D eigenvalue weighted by Crippen LogP contribution is -2.41. The fourth-order valence-corrected chi connectivity index (χ4v) is 2.97. The maximum absolute atomic E-state index is 10.5. The zero-order valence-electron chi connectivity index (χ0n) is 10.9. The Morgan fingerprint density at radius 1 is 1.12 bits per heavy atom. The molecule has 2 rings (SSSR count). The van der Waals surface area contributed by atoms with Crippen molar-refractivity contribution in [1.29, 1.82) is 0 Å². The first-order valence-corrected chi connectivity index (χ1v) is 6.95. The Balaban J connectivity index is 1.68. The third-order valence-electron chi connectivity index (χ3n) is 4.60. The van der Waals surface area contributed by atoms with Gasteiger partial charge in [-0.15, -0.1) is 0 Å². The van der Waals surface area contributed by atoms with E-state index in [9.17, 15) is 5.11 Å². The molecule has 0 saturated heterocycles. The van der Waals surface area contributed by atoms with Crippen molar-refractivity contribution in [3.63, 3.8) is 0 Å². The summed E-state index contributed by atoms with van der Waals surface area (Å²) >= 11 is 0. The maximum atomic E-state index is 10.5. The summed E-state index contributed by atoms with van der Waals surface area (Å²) in [6.07, 6.45) is 8.34. The second-order valence-corrected chi connectivity index (χ2v) is 6.66. The third-order valence-corrected chi connectivity index (χ3v) is 4.60. The Labute approximate surface area is 99.8 Å². The van der Waals surface area contributed by atoms with Gasteiger partial charge in [-0.1, -0.05) is 39.5 Å². The minimum Gasteiger partial charge on any atom is -0.389 e. The predicted molar refractivity (Wildman–Crippen MR) is 67.4 cm³/mol. The molecule has 2 heteroatoms. The van der Waals surface area contributed by atoms with Crippen molar-refractivity contribution in [3.8, 4) is 0 Å². The normalized spacial score (nSPS) is 32.1. The number of hydrogen-bond acceptors (Lipinski definition) is 2. The number of hydrogen-bond donors (Lipinski definition) is 2. The van der Waals surface area contributed by atoms with Gasteiger partial charge in [-0.05, 0) is 37.1 Å². The van der Waals surface area contributed by atoms with E-state index < -0.39 is 5.60 Å². The molecule has 2 nitrogen and oxygen atoms in total. The minimum atomic E-state index is -0.407. The van der Waals surface area contributed by atoms with Crippen LogP contribution in [0.3, 0.4) is 0 Å². The Morgan fingerprint density at radius 2 is 1.69 bits per heavy atom. The van der Waals surface area contributed by atoms with E-state index in [4.69, 9.17) is 0 Å². The molecule has 0 heterocycles. The average molecular weight is 225 g/mol. The lowest BCUT2D eigenvalue weighted by Gasteiger charge is -2.27. The molecule has 94 valence electrons. The molecule has 0 amide bonds. The van der Waals surface area contributed by atoms with Gasteiger partial charge in [0.25, 0.3) is 0 Å². The van der Waals surface area contributed by atoms with Gasteiger partial charge in [-0.25, -0.2) is 0 Å². The van der Waals surface area contributed by atoms with E-state index in [0.29, 0.717) is 5.41 Å². The molecular formula is C14H27NO. The van der Waals surface area contributed by atoms with Crippen LogP contribution in [-0.2, 0) is 0 Å². The molecule has 0 aromatic heterocycles. The van der Waals surface area contributed by atoms with Crippen molar-refractivity contribution in [2.24, 2.45) is 11.3 Å². The molecular weight excluding hydrogens is 198 g/mol. The molecule has 0 aliphatic heterocycles. The standard InChI is InChI=1S/C14H27NO/c1-13(2)9-12(13)10-15-11-14(16)7-5-3-4-6-8-14/h12,15-16H,3-11H2,1-2H3. The SMILES string of the molecule is CC1(C)CC1CNCC1(O)CCCCCC1. The topological polar surface area (TPSA) is 32.3 Å². The van der Waals surface area contributed by atoms with E-state index in [1.54, 1.807) is 0 Å². The lowest BCUT2D eigenvalue weighted by atomic mass is 9.94. The summed E-state index contributed by atoms with van der Waals surface area (Å²) in [6, 6.07) is 0. The molecule has 0 bridgehead atoms. The van der Waals surface area contributed by atoms with Gasteiger partial charge >= 0.3 is 0 Å². The van der Waals surface area contributed by atoms with Crippen LogP contribution in [0.15, 0.2) is 0 Å². The zero-order chi connectivity index (χ0) is 11.6. The van der Waals surface area contributed by atoms with Crippen LogP contribution in [0.5, 0.6) is 0 Å². The van der Waals surface area contributed by atoms with Crippen molar-refractivity contribution in [3.05, 3.63) is 0 Å². The highest BCUT2D eigenvalue weighted by Crippen LogP contribution is 2.51. The summed E-state index contributed by atoms with van der Waals surface area (Å²) < 4.78 is 0. The second-order valence-electron chi connectivity index (χ2n) is 6.66. The third kappa shape index (κ3) is 3.21. The fraction of sp³-hybridized carbons (Fsp3) is 1.00. The first-order chi connectivity index (χ1) is 7.52. The number of aliphatic hydroxyl groups is 1. The van der Waals surface area contributed by atoms with Gasteiger partial charge in [0.15, 0.2) is 0 Å². The molecule has 0 aromatic rings. The van der Waals surface area contributed by atoms with Gasteiger partial charge < -0.3 is 10.4 Å². The highest BCUT2D eigenvalue weighted by Gasteiger charge is 2.45. The Hall–Kier alpha value is -0.0800. The van der Waals surface area contributed by atoms with Crippen LogP contribution < -0.4 is 5.32 Å². The van der Waals surface area contributed by atoms with Gasteiger partial charge in [0, 0.05) is 6.54 Å². The molecule has 0 aromatic carbocycles. The summed E-state index contributed by atoms with van der Waals surface area (Å²) in [5.41, 5.74) is 0.147. The number of rotatable bonds is 4. The molecule has 2 aliphatic rings. The largest absolute Gasteiger partial charge is 0.389 e. The summed E-state index contributed by atoms with van der Waals surface area (Å²) in [5.74, 6) is 0.835. The van der Waals surface area contributed by atoms with Crippen LogP contribution in [-0.4, -0.2) is 23.8 Å². The molecule has 2 N–H and O–H groups in total.